The number of fused-ring (bicyclic) bond motifs is 4. The van der Waals surface area contributed by atoms with Crippen LogP contribution < -0.4 is 20.1 Å². The number of nitrogens with zero attached hydrogens (tertiary/aromatic N) is 4. The molecule has 6 rings (SSSR count). The van der Waals surface area contributed by atoms with E-state index in [1.807, 2.05) is 97.1 Å². The molecule has 4 aromatic rings. The van der Waals surface area contributed by atoms with Crippen molar-refractivity contribution in [2.24, 2.45) is 0 Å². The van der Waals surface area contributed by atoms with Gasteiger partial charge in [-0.05, 0) is 28.6 Å². The van der Waals surface area contributed by atoms with Gasteiger partial charge in [0.1, 0.15) is 24.3 Å². The predicted molar refractivity (Wildman–Crippen MR) is 140 cm³/mol. The standard InChI is InChI=1S/C30H14N6O2/c31-13-20(14-32)29-35-23-12-19-11-22(17-7-3-1-4-8-17)26-28(38-30(36-26)21(15-33)16-34)25(19)24(27(23)37-29)18-9-5-2-6-10-18/h1-12,35-36H. The van der Waals surface area contributed by atoms with E-state index >= 15 is 0 Å². The number of allylic oxidation sites excluding steroid dienone is 2. The van der Waals surface area contributed by atoms with Crippen molar-refractivity contribution < 1.29 is 9.47 Å². The third kappa shape index (κ3) is 3.35. The second kappa shape index (κ2) is 8.77. The lowest BCUT2D eigenvalue weighted by Crippen LogP contribution is -2.01. The lowest BCUT2D eigenvalue weighted by Gasteiger charge is -2.16. The van der Waals surface area contributed by atoms with E-state index in [2.05, 4.69) is 10.6 Å². The van der Waals surface area contributed by atoms with Crippen LogP contribution in [0.4, 0.5) is 11.4 Å². The van der Waals surface area contributed by atoms with Gasteiger partial charge in [-0.1, -0.05) is 60.7 Å². The number of benzene rings is 4. The minimum atomic E-state index is -0.188. The van der Waals surface area contributed by atoms with Gasteiger partial charge >= 0.3 is 0 Å². The van der Waals surface area contributed by atoms with Crippen molar-refractivity contribution in [3.63, 3.8) is 0 Å². The van der Waals surface area contributed by atoms with Crippen LogP contribution in [0, 0.1) is 45.3 Å². The topological polar surface area (TPSA) is 138 Å². The number of rotatable bonds is 2. The summed E-state index contributed by atoms with van der Waals surface area (Å²) >= 11 is 0. The van der Waals surface area contributed by atoms with Gasteiger partial charge in [0.2, 0.25) is 11.8 Å². The molecule has 38 heavy (non-hydrogen) atoms. The molecule has 176 valence electrons. The molecule has 2 N–H and O–H groups in total. The molecule has 0 saturated carbocycles. The smallest absolute Gasteiger partial charge is 0.226 e. The van der Waals surface area contributed by atoms with Gasteiger partial charge in [0, 0.05) is 16.5 Å². The number of nitrogens with one attached hydrogen (secondary N) is 2. The summed E-state index contributed by atoms with van der Waals surface area (Å²) in [7, 11) is 0. The third-order valence-electron chi connectivity index (χ3n) is 6.28. The van der Waals surface area contributed by atoms with Gasteiger partial charge < -0.3 is 20.1 Å². The van der Waals surface area contributed by atoms with Crippen LogP contribution in [-0.2, 0) is 0 Å². The van der Waals surface area contributed by atoms with Crippen molar-refractivity contribution >= 4 is 22.1 Å². The maximum absolute atomic E-state index is 9.52. The van der Waals surface area contributed by atoms with E-state index in [4.69, 9.17) is 9.47 Å². The monoisotopic (exact) mass is 490 g/mol. The summed E-state index contributed by atoms with van der Waals surface area (Å²) in [5.74, 6) is 0.958. The van der Waals surface area contributed by atoms with Crippen LogP contribution in [-0.4, -0.2) is 0 Å². The van der Waals surface area contributed by atoms with Crippen molar-refractivity contribution in [3.05, 3.63) is 95.7 Å². The van der Waals surface area contributed by atoms with Gasteiger partial charge in [0.05, 0.1) is 11.4 Å². The summed E-state index contributed by atoms with van der Waals surface area (Å²) in [5, 5.41) is 45.6. The quantitative estimate of drug-likeness (QED) is 0.312. The average Bonchev–Trinajstić information content (AvgIpc) is 3.58. The highest BCUT2D eigenvalue weighted by atomic mass is 16.5. The van der Waals surface area contributed by atoms with Crippen molar-refractivity contribution in [1.82, 2.24) is 0 Å². The fourth-order valence-corrected chi connectivity index (χ4v) is 4.64. The zero-order chi connectivity index (χ0) is 26.2. The van der Waals surface area contributed by atoms with Gasteiger partial charge in [0.15, 0.2) is 22.6 Å². The molecule has 0 amide bonds. The Kier molecular flexibility index (Phi) is 5.14. The van der Waals surface area contributed by atoms with Crippen LogP contribution in [0.3, 0.4) is 0 Å². The van der Waals surface area contributed by atoms with Crippen LogP contribution in [0.25, 0.3) is 33.0 Å². The first-order valence-corrected chi connectivity index (χ1v) is 11.4. The highest BCUT2D eigenvalue weighted by molar-refractivity contribution is 6.13. The first-order chi connectivity index (χ1) is 18.7. The Bertz CT molecular complexity index is 1870. The van der Waals surface area contributed by atoms with Crippen molar-refractivity contribution in [3.8, 4) is 58.0 Å². The van der Waals surface area contributed by atoms with E-state index in [1.54, 1.807) is 0 Å². The summed E-state index contributed by atoms with van der Waals surface area (Å²) in [6.45, 7) is 0. The van der Waals surface area contributed by atoms with Gasteiger partial charge in [-0.2, -0.15) is 21.0 Å². The molecular formula is C30H14N6O2. The minimum Gasteiger partial charge on any atom is -0.436 e. The van der Waals surface area contributed by atoms with Crippen molar-refractivity contribution in [2.75, 3.05) is 10.6 Å². The first-order valence-electron chi connectivity index (χ1n) is 11.4. The molecule has 0 spiro atoms. The zero-order valence-electron chi connectivity index (χ0n) is 19.5. The largest absolute Gasteiger partial charge is 0.436 e. The Morgan fingerprint density at radius 2 is 1.18 bits per heavy atom. The van der Waals surface area contributed by atoms with E-state index in [9.17, 15) is 21.0 Å². The summed E-state index contributed by atoms with van der Waals surface area (Å²) in [6.07, 6.45) is 0. The van der Waals surface area contributed by atoms with E-state index in [0.29, 0.717) is 33.8 Å². The summed E-state index contributed by atoms with van der Waals surface area (Å²) in [4.78, 5) is 0. The highest BCUT2D eigenvalue weighted by Gasteiger charge is 2.33. The molecule has 2 aliphatic rings. The van der Waals surface area contributed by atoms with E-state index in [-0.39, 0.29) is 22.9 Å². The van der Waals surface area contributed by atoms with Gasteiger partial charge in [-0.3, -0.25) is 0 Å². The average molecular weight is 490 g/mol. The van der Waals surface area contributed by atoms with Crippen LogP contribution in [0.15, 0.2) is 95.7 Å². The van der Waals surface area contributed by atoms with Gasteiger partial charge in [0.25, 0.3) is 0 Å². The fraction of sp³-hybridized carbons (Fsp3) is 0. The molecule has 0 fully saturated rings. The summed E-state index contributed by atoms with van der Waals surface area (Å²) in [6, 6.07) is 30.5. The first kappa shape index (κ1) is 22.3. The molecule has 0 saturated heterocycles. The van der Waals surface area contributed by atoms with Gasteiger partial charge in [-0.15, -0.1) is 0 Å². The Morgan fingerprint density at radius 3 is 1.79 bits per heavy atom. The maximum Gasteiger partial charge on any atom is 0.226 e. The number of hydrogen-bond donors (Lipinski definition) is 2. The molecule has 0 atom stereocenters. The highest BCUT2D eigenvalue weighted by Crippen LogP contribution is 2.55. The molecule has 8 heteroatoms. The Labute approximate surface area is 217 Å². The molecule has 0 radical (unpaired) electrons. The molecule has 4 aromatic carbocycles. The fourth-order valence-electron chi connectivity index (χ4n) is 4.64. The van der Waals surface area contributed by atoms with Crippen molar-refractivity contribution in [1.29, 1.82) is 21.0 Å². The zero-order valence-corrected chi connectivity index (χ0v) is 19.5. The number of nitriles is 4. The van der Waals surface area contributed by atoms with E-state index in [1.165, 1.54) is 0 Å². The maximum atomic E-state index is 9.52. The van der Waals surface area contributed by atoms with Crippen LogP contribution in [0.2, 0.25) is 0 Å². The van der Waals surface area contributed by atoms with E-state index < -0.39 is 0 Å². The Morgan fingerprint density at radius 1 is 0.632 bits per heavy atom. The lowest BCUT2D eigenvalue weighted by molar-refractivity contribution is 0.453. The second-order valence-corrected chi connectivity index (χ2v) is 8.40. The molecule has 0 aromatic heterocycles. The molecule has 0 bridgehead atoms. The third-order valence-corrected chi connectivity index (χ3v) is 6.28. The molecule has 8 nitrogen and oxygen atoms in total. The number of ether oxygens (including phenoxy) is 2. The SMILES string of the molecule is N#CC(C#N)=C1Nc2cc3cc(-c4ccccc4)c4c(c3c(-c3ccccc3)c2O1)OC(=C(C#N)C#N)N4. The molecule has 2 heterocycles. The number of anilines is 2. The number of hydrogen-bond acceptors (Lipinski definition) is 8. The second-order valence-electron chi connectivity index (χ2n) is 8.40. The van der Waals surface area contributed by atoms with Crippen LogP contribution >= 0.6 is 0 Å². The minimum absolute atomic E-state index is 0.0464. The van der Waals surface area contributed by atoms with E-state index in [0.717, 1.165) is 22.1 Å². The Hall–Kier alpha value is -6.22. The van der Waals surface area contributed by atoms with Crippen molar-refractivity contribution in [2.45, 2.75) is 0 Å². The molecule has 2 aliphatic heterocycles. The van der Waals surface area contributed by atoms with Crippen LogP contribution in [0.5, 0.6) is 11.5 Å². The molecule has 0 aliphatic carbocycles. The van der Waals surface area contributed by atoms with Gasteiger partial charge in [-0.25, -0.2) is 0 Å². The Balaban J connectivity index is 1.74. The predicted octanol–water partition coefficient (Wildman–Crippen LogP) is 6.30. The normalized spacial score (nSPS) is 12.3. The lowest BCUT2D eigenvalue weighted by atomic mass is 9.91. The summed E-state index contributed by atoms with van der Waals surface area (Å²) in [5.41, 5.74) is 4.01. The molecular weight excluding hydrogens is 476 g/mol. The van der Waals surface area contributed by atoms with Crippen LogP contribution in [0.1, 0.15) is 0 Å². The summed E-state index contributed by atoms with van der Waals surface area (Å²) < 4.78 is 12.3. The molecule has 0 unspecified atom stereocenters.